The Morgan fingerprint density at radius 1 is 1.37 bits per heavy atom. The Balaban J connectivity index is 2.23. The normalized spacial score (nSPS) is 11.4. The predicted molar refractivity (Wildman–Crippen MR) is 67.4 cm³/mol. The fraction of sp³-hybridized carbons (Fsp3) is 0.250. The molecule has 102 valence electrons. The van der Waals surface area contributed by atoms with E-state index < -0.39 is 11.7 Å². The van der Waals surface area contributed by atoms with Crippen LogP contribution in [0.4, 0.5) is 18.9 Å². The highest BCUT2D eigenvalue weighted by Crippen LogP contribution is 2.37. The van der Waals surface area contributed by atoms with E-state index in [9.17, 15) is 13.2 Å². The molecule has 1 N–H and O–H groups in total. The van der Waals surface area contributed by atoms with Gasteiger partial charge in [0.2, 0.25) is 0 Å². The number of thiazole rings is 1. The Morgan fingerprint density at radius 2 is 2.16 bits per heavy atom. The number of aromatic nitrogens is 1. The second-order valence-corrected chi connectivity index (χ2v) is 4.67. The topological polar surface area (TPSA) is 34.1 Å². The van der Waals surface area contributed by atoms with Crippen molar-refractivity contribution in [3.8, 4) is 5.75 Å². The van der Waals surface area contributed by atoms with Crippen LogP contribution in [0.2, 0.25) is 0 Å². The number of nitrogens with one attached hydrogen (secondary N) is 1. The monoisotopic (exact) mass is 288 g/mol. The first-order valence-electron chi connectivity index (χ1n) is 5.38. The van der Waals surface area contributed by atoms with E-state index in [2.05, 4.69) is 10.3 Å². The van der Waals surface area contributed by atoms with Crippen LogP contribution < -0.4 is 10.1 Å². The Kier molecular flexibility index (Phi) is 3.94. The minimum atomic E-state index is -4.43. The van der Waals surface area contributed by atoms with Gasteiger partial charge in [-0.2, -0.15) is 13.2 Å². The van der Waals surface area contributed by atoms with E-state index in [0.717, 1.165) is 11.1 Å². The summed E-state index contributed by atoms with van der Waals surface area (Å²) in [6.45, 7) is 0.257. The molecule has 0 aliphatic rings. The number of alkyl halides is 3. The van der Waals surface area contributed by atoms with Crippen molar-refractivity contribution < 1.29 is 17.9 Å². The molecule has 0 radical (unpaired) electrons. The van der Waals surface area contributed by atoms with Gasteiger partial charge in [-0.15, -0.1) is 11.3 Å². The van der Waals surface area contributed by atoms with Gasteiger partial charge in [0.05, 0.1) is 19.2 Å². The first kappa shape index (κ1) is 13.7. The zero-order valence-corrected chi connectivity index (χ0v) is 10.8. The van der Waals surface area contributed by atoms with E-state index in [1.54, 1.807) is 11.6 Å². The molecule has 0 atom stereocenters. The molecule has 19 heavy (non-hydrogen) atoms. The molecule has 1 aromatic carbocycles. The van der Waals surface area contributed by atoms with Gasteiger partial charge in [-0.25, -0.2) is 4.98 Å². The highest BCUT2D eigenvalue weighted by Gasteiger charge is 2.34. The van der Waals surface area contributed by atoms with Gasteiger partial charge < -0.3 is 10.1 Å². The molecule has 7 heteroatoms. The lowest BCUT2D eigenvalue weighted by Gasteiger charge is -2.15. The molecule has 0 bridgehead atoms. The number of rotatable bonds is 4. The van der Waals surface area contributed by atoms with Gasteiger partial charge >= 0.3 is 6.18 Å². The molecule has 2 aromatic rings. The van der Waals surface area contributed by atoms with Crippen molar-refractivity contribution in [3.05, 3.63) is 40.3 Å². The lowest BCUT2D eigenvalue weighted by molar-refractivity contribution is -0.137. The highest BCUT2D eigenvalue weighted by atomic mass is 32.1. The van der Waals surface area contributed by atoms with Crippen LogP contribution in [0.1, 0.15) is 10.6 Å². The zero-order valence-electron chi connectivity index (χ0n) is 9.99. The number of hydrogen-bond acceptors (Lipinski definition) is 4. The average molecular weight is 288 g/mol. The second kappa shape index (κ2) is 5.48. The molecule has 0 amide bonds. The molecule has 0 saturated heterocycles. The summed E-state index contributed by atoms with van der Waals surface area (Å²) in [5.41, 5.74) is -0.730. The van der Waals surface area contributed by atoms with Gasteiger partial charge in [0.15, 0.2) is 0 Å². The van der Waals surface area contributed by atoms with Crippen molar-refractivity contribution in [2.75, 3.05) is 12.4 Å². The minimum Gasteiger partial charge on any atom is -0.497 e. The third kappa shape index (κ3) is 3.37. The Hall–Kier alpha value is -1.76. The molecule has 0 saturated carbocycles. The number of anilines is 1. The van der Waals surface area contributed by atoms with Crippen molar-refractivity contribution in [1.82, 2.24) is 4.98 Å². The molecule has 0 fully saturated rings. The van der Waals surface area contributed by atoms with Crippen LogP contribution in [0.3, 0.4) is 0 Å². The number of nitrogens with zero attached hydrogens (tertiary/aromatic N) is 1. The van der Waals surface area contributed by atoms with Gasteiger partial charge in [-0.1, -0.05) is 0 Å². The number of ether oxygens (including phenoxy) is 1. The number of benzene rings is 1. The maximum Gasteiger partial charge on any atom is 0.418 e. The van der Waals surface area contributed by atoms with Crippen LogP contribution in [-0.4, -0.2) is 12.1 Å². The molecular formula is C12H11F3N2OS. The van der Waals surface area contributed by atoms with Crippen molar-refractivity contribution >= 4 is 17.0 Å². The van der Waals surface area contributed by atoms with Crippen molar-refractivity contribution in [1.29, 1.82) is 0 Å². The van der Waals surface area contributed by atoms with E-state index in [1.165, 1.54) is 30.6 Å². The van der Waals surface area contributed by atoms with Gasteiger partial charge in [0.1, 0.15) is 10.8 Å². The quantitative estimate of drug-likeness (QED) is 0.929. The minimum absolute atomic E-state index is 0.0171. The molecule has 3 nitrogen and oxygen atoms in total. The van der Waals surface area contributed by atoms with Gasteiger partial charge in [-0.3, -0.25) is 0 Å². The van der Waals surface area contributed by atoms with Crippen LogP contribution in [0.15, 0.2) is 29.8 Å². The molecule has 0 unspecified atom stereocenters. The summed E-state index contributed by atoms with van der Waals surface area (Å²) < 4.78 is 43.6. The van der Waals surface area contributed by atoms with Gasteiger partial charge in [0.25, 0.3) is 0 Å². The fourth-order valence-corrected chi connectivity index (χ4v) is 2.11. The Labute approximate surface area is 112 Å². The summed E-state index contributed by atoms with van der Waals surface area (Å²) in [4.78, 5) is 4.01. The maximum absolute atomic E-state index is 12.9. The SMILES string of the molecule is COc1ccc(NCc2nccs2)c(C(F)(F)F)c1. The van der Waals surface area contributed by atoms with E-state index in [-0.39, 0.29) is 18.0 Å². The maximum atomic E-state index is 12.9. The van der Waals surface area contributed by atoms with E-state index >= 15 is 0 Å². The molecule has 1 aromatic heterocycles. The number of hydrogen-bond donors (Lipinski definition) is 1. The van der Waals surface area contributed by atoms with Crippen LogP contribution >= 0.6 is 11.3 Å². The fourth-order valence-electron chi connectivity index (χ4n) is 1.55. The molecule has 1 heterocycles. The third-order valence-electron chi connectivity index (χ3n) is 2.45. The summed E-state index contributed by atoms with van der Waals surface area (Å²) in [7, 11) is 1.33. The summed E-state index contributed by atoms with van der Waals surface area (Å²) in [5.74, 6) is 0.173. The lowest BCUT2D eigenvalue weighted by atomic mass is 10.1. The zero-order chi connectivity index (χ0) is 13.9. The summed E-state index contributed by atoms with van der Waals surface area (Å²) in [5, 5.41) is 5.25. The first-order chi connectivity index (χ1) is 9.00. The number of halogens is 3. The van der Waals surface area contributed by atoms with Crippen molar-refractivity contribution in [3.63, 3.8) is 0 Å². The molecule has 0 aliphatic heterocycles. The Morgan fingerprint density at radius 3 is 2.74 bits per heavy atom. The lowest BCUT2D eigenvalue weighted by Crippen LogP contribution is -2.11. The van der Waals surface area contributed by atoms with E-state index in [1.807, 2.05) is 0 Å². The third-order valence-corrected chi connectivity index (χ3v) is 3.23. The summed E-state index contributed by atoms with van der Waals surface area (Å²) in [6, 6.07) is 3.82. The van der Waals surface area contributed by atoms with E-state index in [4.69, 9.17) is 4.74 Å². The smallest absolute Gasteiger partial charge is 0.418 e. The standard InChI is InChI=1S/C12H11F3N2OS/c1-18-8-2-3-10(9(6-8)12(13,14)15)17-7-11-16-4-5-19-11/h2-6,17H,7H2,1H3. The van der Waals surface area contributed by atoms with Crippen LogP contribution in [0.25, 0.3) is 0 Å². The van der Waals surface area contributed by atoms with Gasteiger partial charge in [-0.05, 0) is 18.2 Å². The first-order valence-corrected chi connectivity index (χ1v) is 6.26. The average Bonchev–Trinajstić information content (AvgIpc) is 2.88. The molecule has 2 rings (SSSR count). The van der Waals surface area contributed by atoms with Crippen LogP contribution in [0, 0.1) is 0 Å². The van der Waals surface area contributed by atoms with Crippen LogP contribution in [0.5, 0.6) is 5.75 Å². The van der Waals surface area contributed by atoms with Crippen LogP contribution in [-0.2, 0) is 12.7 Å². The molecule has 0 spiro atoms. The second-order valence-electron chi connectivity index (χ2n) is 3.69. The van der Waals surface area contributed by atoms with E-state index in [0.29, 0.717) is 0 Å². The molecule has 0 aliphatic carbocycles. The van der Waals surface area contributed by atoms with Gasteiger partial charge in [0, 0.05) is 17.3 Å². The summed E-state index contributed by atoms with van der Waals surface area (Å²) in [6.07, 6.45) is -2.82. The van der Waals surface area contributed by atoms with Crippen molar-refractivity contribution in [2.45, 2.75) is 12.7 Å². The van der Waals surface area contributed by atoms with Crippen molar-refractivity contribution in [2.24, 2.45) is 0 Å². The predicted octanol–water partition coefficient (Wildman–Crippen LogP) is 3.78. The molecular weight excluding hydrogens is 277 g/mol. The number of methoxy groups -OCH3 is 1. The Bertz CT molecular complexity index is 540. The highest BCUT2D eigenvalue weighted by molar-refractivity contribution is 7.09. The summed E-state index contributed by atoms with van der Waals surface area (Å²) >= 11 is 1.38. The largest absolute Gasteiger partial charge is 0.497 e.